The van der Waals surface area contributed by atoms with Gasteiger partial charge in [-0.25, -0.2) is 9.18 Å². The summed E-state index contributed by atoms with van der Waals surface area (Å²) >= 11 is -1.41. The van der Waals surface area contributed by atoms with E-state index in [4.69, 9.17) is 9.13 Å². The number of rotatable bonds is 1. The van der Waals surface area contributed by atoms with Crippen LogP contribution in [0.4, 0.5) is 9.18 Å². The highest BCUT2D eigenvalue weighted by molar-refractivity contribution is 7.91. The topological polar surface area (TPSA) is 65.0 Å². The van der Waals surface area contributed by atoms with Crippen LogP contribution >= 0.6 is 0 Å². The zero-order chi connectivity index (χ0) is 22.8. The fraction of sp³-hybridized carbons (Fsp3) is 0.667. The Morgan fingerprint density at radius 2 is 1.81 bits per heavy atom. The zero-order valence-corrected chi connectivity index (χ0v) is 20.1. The molecule has 4 rings (SSSR count). The highest BCUT2D eigenvalue weighted by Crippen LogP contribution is 2.53. The number of amides is 1. The van der Waals surface area contributed by atoms with Gasteiger partial charge in [-0.05, 0) is 97.4 Å². The monoisotopic (exact) mass is 448 g/mol. The standard InChI is InChI=1S/C24H33FN2O3S/c1-22(2,3)30-21(28)27-17-8-9-18(27)14-24(13-17)12-15-11-16(25)7-10-19(15)20(24)26-31(29)23(4,5)6/h7,10-11,17-18H,8-9,12-14H2,1-6H3/t17-,18+,24?,31?. The molecule has 7 heteroatoms. The molecule has 2 fully saturated rings. The minimum Gasteiger partial charge on any atom is -0.591 e. The van der Waals surface area contributed by atoms with Gasteiger partial charge in [0.1, 0.15) is 33.2 Å². The average molecular weight is 449 g/mol. The molecule has 5 nitrogen and oxygen atoms in total. The van der Waals surface area contributed by atoms with E-state index in [-0.39, 0.29) is 29.4 Å². The Balaban J connectivity index is 1.70. The summed E-state index contributed by atoms with van der Waals surface area (Å²) in [5.41, 5.74) is 1.81. The number of hydrogen-bond acceptors (Lipinski definition) is 4. The maximum atomic E-state index is 14.0. The first-order chi connectivity index (χ1) is 14.3. The molecule has 2 heterocycles. The van der Waals surface area contributed by atoms with Crippen molar-refractivity contribution >= 4 is 23.2 Å². The van der Waals surface area contributed by atoms with E-state index in [0.29, 0.717) is 6.42 Å². The number of ether oxygens (including phenoxy) is 1. The molecule has 0 aromatic heterocycles. The van der Waals surface area contributed by atoms with Gasteiger partial charge in [0.15, 0.2) is 0 Å². The number of piperidine rings is 1. The minimum absolute atomic E-state index is 0.0565. The van der Waals surface area contributed by atoms with Crippen LogP contribution in [-0.4, -0.2) is 43.7 Å². The normalized spacial score (nSPS) is 30.1. The van der Waals surface area contributed by atoms with Crippen molar-refractivity contribution in [2.24, 2.45) is 9.81 Å². The summed E-state index contributed by atoms with van der Waals surface area (Å²) in [6.07, 6.45) is 3.74. The maximum Gasteiger partial charge on any atom is 0.410 e. The van der Waals surface area contributed by atoms with Gasteiger partial charge in [-0.2, -0.15) is 0 Å². The lowest BCUT2D eigenvalue weighted by molar-refractivity contribution is -0.00229. The molecule has 1 aromatic carbocycles. The second kappa shape index (κ2) is 7.48. The van der Waals surface area contributed by atoms with Gasteiger partial charge in [0.25, 0.3) is 0 Å². The lowest BCUT2D eigenvalue weighted by Crippen LogP contribution is -2.53. The average Bonchev–Trinajstić information content (AvgIpc) is 3.04. The fourth-order valence-electron chi connectivity index (χ4n) is 5.34. The van der Waals surface area contributed by atoms with E-state index in [1.807, 2.05) is 46.4 Å². The van der Waals surface area contributed by atoms with Crippen LogP contribution in [0.1, 0.15) is 78.4 Å². The van der Waals surface area contributed by atoms with Gasteiger partial charge in [-0.15, -0.1) is 0 Å². The van der Waals surface area contributed by atoms with E-state index >= 15 is 0 Å². The second-order valence-electron chi connectivity index (χ2n) is 11.2. The van der Waals surface area contributed by atoms with Crippen molar-refractivity contribution < 1.29 is 18.5 Å². The molecule has 2 unspecified atom stereocenters. The van der Waals surface area contributed by atoms with Crippen molar-refractivity contribution in [1.82, 2.24) is 4.90 Å². The predicted molar refractivity (Wildman–Crippen MR) is 121 cm³/mol. The SMILES string of the molecule is CC(C)(C)OC(=O)N1[C@@H]2CC[C@H]1CC1(Cc3cc(F)ccc3C1=N[S+]([O-])C(C)(C)C)C2. The number of fused-ring (bicyclic) bond motifs is 3. The van der Waals surface area contributed by atoms with Crippen LogP contribution in [0.25, 0.3) is 0 Å². The number of carbonyl (C=O) groups is 1. The Morgan fingerprint density at radius 1 is 1.19 bits per heavy atom. The van der Waals surface area contributed by atoms with Crippen molar-refractivity contribution in [1.29, 1.82) is 0 Å². The van der Waals surface area contributed by atoms with Crippen molar-refractivity contribution in [3.05, 3.63) is 35.1 Å². The number of halogens is 1. The fourth-order valence-corrected chi connectivity index (χ4v) is 6.07. The van der Waals surface area contributed by atoms with Crippen LogP contribution in [-0.2, 0) is 22.5 Å². The predicted octanol–water partition coefficient (Wildman–Crippen LogP) is 5.18. The van der Waals surface area contributed by atoms with E-state index in [1.165, 1.54) is 6.07 Å². The maximum absolute atomic E-state index is 14.0. The summed E-state index contributed by atoms with van der Waals surface area (Å²) in [4.78, 5) is 14.8. The Kier molecular flexibility index (Phi) is 5.45. The summed E-state index contributed by atoms with van der Waals surface area (Å²) in [7, 11) is 0. The number of carbonyl (C=O) groups excluding carboxylic acids is 1. The summed E-state index contributed by atoms with van der Waals surface area (Å²) in [6.45, 7) is 11.4. The smallest absolute Gasteiger partial charge is 0.410 e. The van der Waals surface area contributed by atoms with Crippen LogP contribution in [0.3, 0.4) is 0 Å². The Hall–Kier alpha value is -1.60. The molecule has 2 saturated heterocycles. The lowest BCUT2D eigenvalue weighted by atomic mass is 9.71. The molecule has 1 aliphatic carbocycles. The van der Waals surface area contributed by atoms with E-state index in [0.717, 1.165) is 42.5 Å². The van der Waals surface area contributed by atoms with Crippen LogP contribution in [0.5, 0.6) is 0 Å². The second-order valence-corrected chi connectivity index (χ2v) is 13.1. The van der Waals surface area contributed by atoms with E-state index in [2.05, 4.69) is 0 Å². The van der Waals surface area contributed by atoms with Gasteiger partial charge >= 0.3 is 6.09 Å². The van der Waals surface area contributed by atoms with E-state index in [1.54, 1.807) is 12.1 Å². The molecular formula is C24H33FN2O3S. The molecule has 1 spiro atoms. The number of benzene rings is 1. The van der Waals surface area contributed by atoms with Crippen molar-refractivity contribution in [2.75, 3.05) is 0 Å². The van der Waals surface area contributed by atoms with Gasteiger partial charge in [0.2, 0.25) is 0 Å². The third kappa shape index (κ3) is 4.23. The molecule has 170 valence electrons. The molecule has 1 amide bonds. The molecule has 31 heavy (non-hydrogen) atoms. The van der Waals surface area contributed by atoms with Crippen LogP contribution in [0, 0.1) is 11.2 Å². The third-order valence-corrected chi connectivity index (χ3v) is 7.92. The van der Waals surface area contributed by atoms with Gasteiger partial charge < -0.3 is 14.2 Å². The molecular weight excluding hydrogens is 415 g/mol. The van der Waals surface area contributed by atoms with Gasteiger partial charge in [-0.1, -0.05) is 4.40 Å². The highest BCUT2D eigenvalue weighted by Gasteiger charge is 2.56. The Morgan fingerprint density at radius 3 is 2.35 bits per heavy atom. The zero-order valence-electron chi connectivity index (χ0n) is 19.3. The molecule has 0 saturated carbocycles. The lowest BCUT2D eigenvalue weighted by Gasteiger charge is -2.45. The number of nitrogens with zero attached hydrogens (tertiary/aromatic N) is 2. The minimum atomic E-state index is -1.41. The van der Waals surface area contributed by atoms with Crippen LogP contribution in [0.2, 0.25) is 0 Å². The third-order valence-electron chi connectivity index (χ3n) is 6.53. The summed E-state index contributed by atoms with van der Waals surface area (Å²) in [6, 6.07) is 4.93. The Labute approximate surface area is 187 Å². The highest BCUT2D eigenvalue weighted by atomic mass is 32.2. The summed E-state index contributed by atoms with van der Waals surface area (Å²) in [5, 5.41) is 0. The molecule has 2 bridgehead atoms. The summed E-state index contributed by atoms with van der Waals surface area (Å²) in [5.74, 6) is -0.263. The largest absolute Gasteiger partial charge is 0.591 e. The molecule has 0 radical (unpaired) electrons. The van der Waals surface area contributed by atoms with Gasteiger partial charge in [0.05, 0.1) is 0 Å². The van der Waals surface area contributed by atoms with Crippen molar-refractivity contribution in [3.8, 4) is 0 Å². The van der Waals surface area contributed by atoms with Crippen LogP contribution < -0.4 is 0 Å². The molecule has 2 aliphatic heterocycles. The van der Waals surface area contributed by atoms with E-state index in [9.17, 15) is 13.7 Å². The molecule has 4 atom stereocenters. The molecule has 0 N–H and O–H groups in total. The van der Waals surface area contributed by atoms with Crippen LogP contribution in [0.15, 0.2) is 22.6 Å². The van der Waals surface area contributed by atoms with Gasteiger partial charge in [0, 0.05) is 23.1 Å². The molecule has 1 aromatic rings. The Bertz CT molecular complexity index is 904. The van der Waals surface area contributed by atoms with Crippen molar-refractivity contribution in [2.45, 2.75) is 96.1 Å². The van der Waals surface area contributed by atoms with Crippen molar-refractivity contribution in [3.63, 3.8) is 0 Å². The first kappa shape index (κ1) is 22.6. The molecule has 3 aliphatic rings. The van der Waals surface area contributed by atoms with E-state index < -0.39 is 21.7 Å². The first-order valence-corrected chi connectivity index (χ1v) is 12.2. The quantitative estimate of drug-likeness (QED) is 0.556. The number of hydrogen-bond donors (Lipinski definition) is 0. The summed E-state index contributed by atoms with van der Waals surface area (Å²) < 4.78 is 37.0. The first-order valence-electron chi connectivity index (χ1n) is 11.1. The van der Waals surface area contributed by atoms with Gasteiger partial charge in [-0.3, -0.25) is 0 Å².